The highest BCUT2D eigenvalue weighted by molar-refractivity contribution is 7.99. The van der Waals surface area contributed by atoms with Crippen LogP contribution in [0.4, 0.5) is 0 Å². The largest absolute Gasteiger partial charge is 0.480 e. The molecule has 0 bridgehead atoms. The van der Waals surface area contributed by atoms with Gasteiger partial charge in [0, 0.05) is 18.1 Å². The molecule has 0 saturated carbocycles. The van der Waals surface area contributed by atoms with E-state index in [4.69, 9.17) is 5.11 Å². The van der Waals surface area contributed by atoms with Gasteiger partial charge in [-0.2, -0.15) is 0 Å². The standard InChI is InChI=1S/C7H11N3O2S/c1-8-5(6(11)12)4-13-7-9-2-3-10-7/h2-3,5,8H,4H2,1H3,(H,9,10)(H,11,12). The Morgan fingerprint density at radius 1 is 1.92 bits per heavy atom. The second-order valence-electron chi connectivity index (χ2n) is 2.38. The number of aromatic amines is 1. The number of carbonyl (C=O) groups is 1. The summed E-state index contributed by atoms with van der Waals surface area (Å²) in [4.78, 5) is 17.4. The van der Waals surface area contributed by atoms with Crippen molar-refractivity contribution in [2.45, 2.75) is 11.2 Å². The van der Waals surface area contributed by atoms with E-state index in [9.17, 15) is 4.79 Å². The van der Waals surface area contributed by atoms with Crippen molar-refractivity contribution < 1.29 is 9.90 Å². The van der Waals surface area contributed by atoms with Gasteiger partial charge in [-0.15, -0.1) is 0 Å². The van der Waals surface area contributed by atoms with Gasteiger partial charge in [0.15, 0.2) is 5.16 Å². The normalized spacial score (nSPS) is 12.7. The van der Waals surface area contributed by atoms with Gasteiger partial charge in [-0.1, -0.05) is 11.8 Å². The van der Waals surface area contributed by atoms with Crippen LogP contribution in [0.5, 0.6) is 0 Å². The molecule has 1 heterocycles. The molecule has 0 aliphatic heterocycles. The third-order valence-corrected chi connectivity index (χ3v) is 2.50. The zero-order valence-electron chi connectivity index (χ0n) is 7.15. The summed E-state index contributed by atoms with van der Waals surface area (Å²) < 4.78 is 0. The molecule has 3 N–H and O–H groups in total. The molecule has 0 fully saturated rings. The van der Waals surface area contributed by atoms with Gasteiger partial charge in [0.25, 0.3) is 0 Å². The Labute approximate surface area is 79.9 Å². The summed E-state index contributed by atoms with van der Waals surface area (Å²) >= 11 is 1.38. The summed E-state index contributed by atoms with van der Waals surface area (Å²) in [5.41, 5.74) is 0. The third-order valence-electron chi connectivity index (χ3n) is 1.51. The van der Waals surface area contributed by atoms with Gasteiger partial charge >= 0.3 is 5.97 Å². The van der Waals surface area contributed by atoms with Gasteiger partial charge in [-0.25, -0.2) is 4.98 Å². The third kappa shape index (κ3) is 3.08. The van der Waals surface area contributed by atoms with E-state index in [2.05, 4.69) is 15.3 Å². The lowest BCUT2D eigenvalue weighted by Crippen LogP contribution is -2.35. The van der Waals surface area contributed by atoms with Crippen LogP contribution < -0.4 is 5.32 Å². The second-order valence-corrected chi connectivity index (χ2v) is 3.39. The fourth-order valence-corrected chi connectivity index (χ4v) is 1.69. The van der Waals surface area contributed by atoms with Crippen LogP contribution in [0.3, 0.4) is 0 Å². The lowest BCUT2D eigenvalue weighted by Gasteiger charge is -2.08. The molecule has 0 aromatic carbocycles. The Kier molecular flexibility index (Phi) is 3.78. The summed E-state index contributed by atoms with van der Waals surface area (Å²) in [6.07, 6.45) is 3.34. The summed E-state index contributed by atoms with van der Waals surface area (Å²) in [6.45, 7) is 0. The number of aliphatic carboxylic acids is 1. The molecule has 1 unspecified atom stereocenters. The predicted octanol–water partition coefficient (Wildman–Crippen LogP) is 0.174. The maximum Gasteiger partial charge on any atom is 0.321 e. The quantitative estimate of drug-likeness (QED) is 0.592. The molecule has 0 amide bonds. The number of rotatable bonds is 5. The molecule has 0 aliphatic carbocycles. The van der Waals surface area contributed by atoms with Crippen LogP contribution in [0.2, 0.25) is 0 Å². The molecule has 1 atom stereocenters. The molecule has 1 rings (SSSR count). The summed E-state index contributed by atoms with van der Waals surface area (Å²) in [7, 11) is 1.63. The first-order chi connectivity index (χ1) is 6.24. The second kappa shape index (κ2) is 4.88. The van der Waals surface area contributed by atoms with Gasteiger partial charge in [-0.3, -0.25) is 4.79 Å². The minimum absolute atomic E-state index is 0.458. The maximum atomic E-state index is 10.6. The van der Waals surface area contributed by atoms with E-state index < -0.39 is 12.0 Å². The van der Waals surface area contributed by atoms with Gasteiger partial charge in [0.2, 0.25) is 0 Å². The smallest absolute Gasteiger partial charge is 0.321 e. The van der Waals surface area contributed by atoms with Crippen molar-refractivity contribution in [3.63, 3.8) is 0 Å². The predicted molar refractivity (Wildman–Crippen MR) is 49.8 cm³/mol. The number of aromatic nitrogens is 2. The van der Waals surface area contributed by atoms with Gasteiger partial charge in [0.1, 0.15) is 6.04 Å². The number of nitrogens with zero attached hydrogens (tertiary/aromatic N) is 1. The fourth-order valence-electron chi connectivity index (χ4n) is 0.770. The number of carboxylic acids is 1. The molecule has 0 saturated heterocycles. The average Bonchev–Trinajstić information content (AvgIpc) is 2.57. The number of carboxylic acid groups (broad SMARTS) is 1. The van der Waals surface area contributed by atoms with Crippen molar-refractivity contribution in [3.05, 3.63) is 12.4 Å². The molecular formula is C7H11N3O2S. The van der Waals surface area contributed by atoms with E-state index in [1.807, 2.05) is 0 Å². The Morgan fingerprint density at radius 2 is 2.69 bits per heavy atom. The molecule has 72 valence electrons. The van der Waals surface area contributed by atoms with E-state index in [0.29, 0.717) is 5.75 Å². The van der Waals surface area contributed by atoms with Crippen LogP contribution in [0.25, 0.3) is 0 Å². The highest BCUT2D eigenvalue weighted by Gasteiger charge is 2.15. The van der Waals surface area contributed by atoms with Gasteiger partial charge in [-0.05, 0) is 7.05 Å². The van der Waals surface area contributed by atoms with Crippen molar-refractivity contribution in [1.29, 1.82) is 0 Å². The summed E-state index contributed by atoms with van der Waals surface area (Å²) in [5, 5.41) is 12.1. The van der Waals surface area contributed by atoms with Crippen molar-refractivity contribution in [2.24, 2.45) is 0 Å². The first-order valence-corrected chi connectivity index (χ1v) is 4.75. The van der Waals surface area contributed by atoms with E-state index in [-0.39, 0.29) is 0 Å². The number of hydrogen-bond acceptors (Lipinski definition) is 4. The molecule has 0 spiro atoms. The van der Waals surface area contributed by atoms with E-state index >= 15 is 0 Å². The van der Waals surface area contributed by atoms with Crippen LogP contribution in [0.15, 0.2) is 17.6 Å². The molecule has 1 aromatic rings. The number of H-pyrrole nitrogens is 1. The molecule has 1 aromatic heterocycles. The number of thioether (sulfide) groups is 1. The zero-order valence-corrected chi connectivity index (χ0v) is 7.97. The van der Waals surface area contributed by atoms with Crippen LogP contribution in [-0.2, 0) is 4.79 Å². The van der Waals surface area contributed by atoms with E-state index in [1.54, 1.807) is 19.4 Å². The van der Waals surface area contributed by atoms with Gasteiger partial charge < -0.3 is 15.4 Å². The van der Waals surface area contributed by atoms with Crippen LogP contribution in [-0.4, -0.2) is 39.9 Å². The summed E-state index contributed by atoms with van der Waals surface area (Å²) in [5.74, 6) is -0.388. The van der Waals surface area contributed by atoms with Crippen molar-refractivity contribution in [1.82, 2.24) is 15.3 Å². The van der Waals surface area contributed by atoms with Crippen molar-refractivity contribution >= 4 is 17.7 Å². The van der Waals surface area contributed by atoms with Crippen molar-refractivity contribution in [3.8, 4) is 0 Å². The van der Waals surface area contributed by atoms with Crippen molar-refractivity contribution in [2.75, 3.05) is 12.8 Å². The highest BCUT2D eigenvalue weighted by atomic mass is 32.2. The fraction of sp³-hybridized carbons (Fsp3) is 0.429. The first-order valence-electron chi connectivity index (χ1n) is 3.76. The Hall–Kier alpha value is -1.01. The molecular weight excluding hydrogens is 190 g/mol. The molecule has 13 heavy (non-hydrogen) atoms. The Morgan fingerprint density at radius 3 is 3.15 bits per heavy atom. The van der Waals surface area contributed by atoms with Crippen LogP contribution in [0.1, 0.15) is 0 Å². The number of imidazole rings is 1. The van der Waals surface area contributed by atoms with Crippen LogP contribution >= 0.6 is 11.8 Å². The number of likely N-dealkylation sites (N-methyl/N-ethyl adjacent to an activating group) is 1. The Bertz CT molecular complexity index is 263. The lowest BCUT2D eigenvalue weighted by molar-refractivity contribution is -0.138. The maximum absolute atomic E-state index is 10.6. The topological polar surface area (TPSA) is 78.0 Å². The van der Waals surface area contributed by atoms with E-state index in [0.717, 1.165) is 5.16 Å². The zero-order chi connectivity index (χ0) is 9.68. The van der Waals surface area contributed by atoms with E-state index in [1.165, 1.54) is 11.8 Å². The lowest BCUT2D eigenvalue weighted by atomic mass is 10.3. The SMILES string of the molecule is CNC(CSc1ncc[nH]1)C(=O)O. The minimum atomic E-state index is -0.846. The Balaban J connectivity index is 2.36. The molecule has 5 nitrogen and oxygen atoms in total. The number of hydrogen-bond donors (Lipinski definition) is 3. The summed E-state index contributed by atoms with van der Waals surface area (Å²) in [6, 6.07) is -0.532. The average molecular weight is 201 g/mol. The monoisotopic (exact) mass is 201 g/mol. The minimum Gasteiger partial charge on any atom is -0.480 e. The highest BCUT2D eigenvalue weighted by Crippen LogP contribution is 2.12. The van der Waals surface area contributed by atoms with Crippen LogP contribution in [0, 0.1) is 0 Å². The molecule has 6 heteroatoms. The molecule has 0 aliphatic rings. The number of nitrogens with one attached hydrogen (secondary N) is 2. The molecule has 0 radical (unpaired) electrons. The first kappa shape index (κ1) is 10.1. The van der Waals surface area contributed by atoms with Gasteiger partial charge in [0.05, 0.1) is 0 Å².